The number of alkyl halides is 3. The molecule has 0 saturated carbocycles. The maximum Gasteiger partial charge on any atom is 0.408 e. The summed E-state index contributed by atoms with van der Waals surface area (Å²) in [7, 11) is 0. The number of halogens is 3. The summed E-state index contributed by atoms with van der Waals surface area (Å²) in [5, 5.41) is 3.68. The Morgan fingerprint density at radius 1 is 1.28 bits per heavy atom. The monoisotopic (exact) mass is 449 g/mol. The van der Waals surface area contributed by atoms with E-state index >= 15 is 0 Å². The van der Waals surface area contributed by atoms with Gasteiger partial charge in [0.15, 0.2) is 17.7 Å². The molecule has 3 aromatic rings. The third-order valence-corrected chi connectivity index (χ3v) is 5.00. The molecule has 1 atom stereocenters. The number of imidazole rings is 1. The first-order valence-corrected chi connectivity index (χ1v) is 10.1. The number of benzene rings is 1. The Labute approximate surface area is 182 Å². The number of aromatic nitrogens is 5. The number of nitrogens with zero attached hydrogens (tertiary/aromatic N) is 5. The Hall–Kier alpha value is -3.37. The fraction of sp³-hybridized carbons (Fsp3) is 0.429. The lowest BCUT2D eigenvalue weighted by molar-refractivity contribution is -0.142. The molecular weight excluding hydrogens is 427 g/mol. The van der Waals surface area contributed by atoms with Gasteiger partial charge in [0.2, 0.25) is 0 Å². The zero-order chi connectivity index (χ0) is 23.0. The topological polar surface area (TPSA) is 84.1 Å². The molecule has 0 spiro atoms. The molecule has 0 radical (unpaired) electrons. The normalized spacial score (nSPS) is 14.3. The van der Waals surface area contributed by atoms with Gasteiger partial charge in [-0.2, -0.15) is 18.3 Å². The zero-order valence-electron chi connectivity index (χ0n) is 17.8. The molecule has 0 aliphatic carbocycles. The van der Waals surface area contributed by atoms with Gasteiger partial charge in [0.1, 0.15) is 42.5 Å². The van der Waals surface area contributed by atoms with E-state index in [1.54, 1.807) is 29.0 Å². The summed E-state index contributed by atoms with van der Waals surface area (Å²) in [5.74, 6) is 1.50. The molecule has 0 amide bonds. The Morgan fingerprint density at radius 2 is 2.06 bits per heavy atom. The van der Waals surface area contributed by atoms with E-state index in [9.17, 15) is 18.0 Å². The minimum atomic E-state index is -4.43. The number of carbonyl (C=O) groups is 1. The Bertz CT molecular complexity index is 1140. The average molecular weight is 449 g/mol. The minimum Gasteiger partial charge on any atom is -0.491 e. The van der Waals surface area contributed by atoms with Crippen LogP contribution in [0.5, 0.6) is 11.5 Å². The van der Waals surface area contributed by atoms with Gasteiger partial charge in [-0.05, 0) is 25.0 Å². The summed E-state index contributed by atoms with van der Waals surface area (Å²) in [6.45, 7) is 4.82. The Morgan fingerprint density at radius 3 is 2.75 bits per heavy atom. The van der Waals surface area contributed by atoms with Crippen LogP contribution in [0.4, 0.5) is 13.2 Å². The maximum absolute atomic E-state index is 12.9. The number of hydrogen-bond acceptors (Lipinski definition) is 6. The largest absolute Gasteiger partial charge is 0.491 e. The van der Waals surface area contributed by atoms with Crippen molar-refractivity contribution in [2.45, 2.75) is 46.1 Å². The van der Waals surface area contributed by atoms with Gasteiger partial charge in [0.25, 0.3) is 0 Å². The van der Waals surface area contributed by atoms with Crippen molar-refractivity contribution < 1.29 is 27.4 Å². The molecule has 1 unspecified atom stereocenters. The van der Waals surface area contributed by atoms with Crippen LogP contribution < -0.4 is 9.47 Å². The standard InChI is InChI=1S/C21H22F3N5O3/c1-12(2)18(13(3)30)32-14-4-5-15-17(8-14)31-7-6-28-9-16(27-19(15)28)20-25-11-26-29(20)10-21(22,23)24/h4-5,8-9,11-12,18H,6-7,10H2,1-3H3. The van der Waals surface area contributed by atoms with Crippen molar-refractivity contribution in [3.63, 3.8) is 0 Å². The number of Topliss-reactive ketones (excluding diaryl/α,β-unsaturated/α-hetero) is 1. The zero-order valence-corrected chi connectivity index (χ0v) is 17.8. The summed E-state index contributed by atoms with van der Waals surface area (Å²) in [6, 6.07) is 5.18. The van der Waals surface area contributed by atoms with Crippen molar-refractivity contribution >= 4 is 5.78 Å². The smallest absolute Gasteiger partial charge is 0.408 e. The van der Waals surface area contributed by atoms with Crippen LogP contribution in [0.2, 0.25) is 0 Å². The van der Waals surface area contributed by atoms with Crippen molar-refractivity contribution in [1.82, 2.24) is 24.3 Å². The predicted octanol–water partition coefficient (Wildman–Crippen LogP) is 3.76. The van der Waals surface area contributed by atoms with E-state index < -0.39 is 18.8 Å². The summed E-state index contributed by atoms with van der Waals surface area (Å²) in [4.78, 5) is 20.4. The number of carbonyl (C=O) groups excluding carboxylic acids is 1. The second kappa shape index (κ2) is 8.29. The summed E-state index contributed by atoms with van der Waals surface area (Å²) in [5.41, 5.74) is 0.943. The molecule has 2 aromatic heterocycles. The molecule has 3 heterocycles. The Balaban J connectivity index is 1.67. The van der Waals surface area contributed by atoms with E-state index in [0.29, 0.717) is 36.0 Å². The highest BCUT2D eigenvalue weighted by Gasteiger charge is 2.31. The van der Waals surface area contributed by atoms with E-state index in [-0.39, 0.29) is 23.2 Å². The number of hydrogen-bond donors (Lipinski definition) is 0. The highest BCUT2D eigenvalue weighted by molar-refractivity contribution is 5.81. The van der Waals surface area contributed by atoms with Crippen LogP contribution >= 0.6 is 0 Å². The van der Waals surface area contributed by atoms with Gasteiger partial charge in [-0.1, -0.05) is 13.8 Å². The fourth-order valence-corrected chi connectivity index (χ4v) is 3.63. The third-order valence-electron chi connectivity index (χ3n) is 5.00. The van der Waals surface area contributed by atoms with Crippen molar-refractivity contribution in [3.8, 4) is 34.4 Å². The first kappa shape index (κ1) is 21.8. The summed E-state index contributed by atoms with van der Waals surface area (Å²) in [6.07, 6.45) is -2.29. The number of ether oxygens (including phenoxy) is 2. The van der Waals surface area contributed by atoms with Crippen molar-refractivity contribution in [2.24, 2.45) is 5.92 Å². The lowest BCUT2D eigenvalue weighted by Gasteiger charge is -2.20. The van der Waals surface area contributed by atoms with Gasteiger partial charge in [0.05, 0.1) is 12.1 Å². The quantitative estimate of drug-likeness (QED) is 0.570. The molecule has 1 aliphatic heterocycles. The second-order valence-corrected chi connectivity index (χ2v) is 7.90. The molecule has 170 valence electrons. The van der Waals surface area contributed by atoms with Crippen molar-refractivity contribution in [2.75, 3.05) is 6.61 Å². The molecule has 1 aliphatic rings. The highest BCUT2D eigenvalue weighted by atomic mass is 19.4. The van der Waals surface area contributed by atoms with Crippen LogP contribution in [0.1, 0.15) is 20.8 Å². The molecule has 32 heavy (non-hydrogen) atoms. The van der Waals surface area contributed by atoms with Crippen LogP contribution in [-0.4, -0.2) is 49.0 Å². The molecule has 0 bridgehead atoms. The van der Waals surface area contributed by atoms with E-state index in [1.807, 2.05) is 13.8 Å². The lowest BCUT2D eigenvalue weighted by atomic mass is 10.0. The average Bonchev–Trinajstić information content (AvgIpc) is 3.27. The molecule has 8 nitrogen and oxygen atoms in total. The van der Waals surface area contributed by atoms with Gasteiger partial charge in [-0.15, -0.1) is 0 Å². The molecule has 0 fully saturated rings. The summed E-state index contributed by atoms with van der Waals surface area (Å²) >= 11 is 0. The summed E-state index contributed by atoms with van der Waals surface area (Å²) < 4.78 is 52.9. The van der Waals surface area contributed by atoms with Crippen LogP contribution in [0.15, 0.2) is 30.7 Å². The molecule has 4 rings (SSSR count). The number of rotatable bonds is 6. The first-order valence-electron chi connectivity index (χ1n) is 10.1. The minimum absolute atomic E-state index is 0.00253. The highest BCUT2D eigenvalue weighted by Crippen LogP contribution is 2.36. The third kappa shape index (κ3) is 4.46. The van der Waals surface area contributed by atoms with Crippen LogP contribution in [0, 0.1) is 5.92 Å². The van der Waals surface area contributed by atoms with Crippen molar-refractivity contribution in [1.29, 1.82) is 0 Å². The van der Waals surface area contributed by atoms with E-state index in [1.165, 1.54) is 6.92 Å². The lowest BCUT2D eigenvalue weighted by Crippen LogP contribution is -2.30. The van der Waals surface area contributed by atoms with E-state index in [0.717, 1.165) is 11.0 Å². The van der Waals surface area contributed by atoms with E-state index in [2.05, 4.69) is 15.1 Å². The van der Waals surface area contributed by atoms with Crippen molar-refractivity contribution in [3.05, 3.63) is 30.7 Å². The Kier molecular flexibility index (Phi) is 5.66. The fourth-order valence-electron chi connectivity index (χ4n) is 3.63. The first-order chi connectivity index (χ1) is 15.1. The van der Waals surface area contributed by atoms with Gasteiger partial charge in [-0.3, -0.25) is 4.79 Å². The van der Waals surface area contributed by atoms with Gasteiger partial charge in [-0.25, -0.2) is 14.6 Å². The number of fused-ring (bicyclic) bond motifs is 3. The maximum atomic E-state index is 12.9. The molecule has 11 heteroatoms. The van der Waals surface area contributed by atoms with Gasteiger partial charge < -0.3 is 14.0 Å². The van der Waals surface area contributed by atoms with Gasteiger partial charge in [0, 0.05) is 12.3 Å². The second-order valence-electron chi connectivity index (χ2n) is 7.90. The molecule has 0 saturated heterocycles. The van der Waals surface area contributed by atoms with Crippen LogP contribution in [0.25, 0.3) is 22.9 Å². The number of ketones is 1. The van der Waals surface area contributed by atoms with Gasteiger partial charge >= 0.3 is 6.18 Å². The molecule has 1 aromatic carbocycles. The van der Waals surface area contributed by atoms with E-state index in [4.69, 9.17) is 9.47 Å². The SMILES string of the molecule is CC(=O)C(Oc1ccc2c(c1)OCCn1cc(-c3ncnn3CC(F)(F)F)nc1-2)C(C)C. The molecular formula is C21H22F3N5O3. The van der Waals surface area contributed by atoms with Crippen LogP contribution in [-0.2, 0) is 17.9 Å². The molecule has 0 N–H and O–H groups in total. The van der Waals surface area contributed by atoms with Crippen LogP contribution in [0.3, 0.4) is 0 Å². The predicted molar refractivity (Wildman–Crippen MR) is 108 cm³/mol.